The normalized spacial score (nSPS) is 2.25. The van der Waals surface area contributed by atoms with Gasteiger partial charge in [-0.25, -0.2) is 0 Å². The van der Waals surface area contributed by atoms with Crippen LogP contribution in [0.25, 0.3) is 0 Å². The van der Waals surface area contributed by atoms with Crippen molar-refractivity contribution in [2.24, 2.45) is 0 Å². The number of hydrogen-bond acceptors (Lipinski definition) is 0. The van der Waals surface area contributed by atoms with Gasteiger partial charge in [-0.1, -0.05) is 0 Å². The molecule has 0 saturated heterocycles. The first-order chi connectivity index (χ1) is 1.00. The van der Waals surface area contributed by atoms with Crippen LogP contribution in [0.2, 0.25) is 0 Å². The second kappa shape index (κ2) is 22.0. The summed E-state index contributed by atoms with van der Waals surface area (Å²) in [7, 11) is 0.778. The van der Waals surface area contributed by atoms with Crippen molar-refractivity contribution >= 4 is 58.4 Å². The fourth-order valence-electron chi connectivity index (χ4n) is 0. The second-order valence-electron chi connectivity index (χ2n) is 0. The molecule has 0 amide bonds. The Morgan fingerprint density at radius 2 is 1.25 bits per heavy atom. The third-order valence-electron chi connectivity index (χ3n) is 0. The third kappa shape index (κ3) is 9.29. The van der Waals surface area contributed by atoms with E-state index in [9.17, 15) is 0 Å². The molecule has 0 aliphatic rings. The van der Waals surface area contributed by atoms with Crippen LogP contribution in [-0.2, 0) is 5.48 Å². The van der Waals surface area contributed by atoms with E-state index in [1.54, 1.807) is 0 Å². The molecule has 4 heavy (non-hydrogen) atoms. The molecule has 0 bridgehead atoms. The molecule has 4 heteroatoms. The van der Waals surface area contributed by atoms with Gasteiger partial charge in [-0.2, -0.15) is 11.1 Å². The number of hydrogen-bond donors (Lipinski definition) is 0. The van der Waals surface area contributed by atoms with Gasteiger partial charge in [-0.3, -0.25) is 0 Å². The van der Waals surface area contributed by atoms with E-state index in [0.717, 1.165) is 9.55 Å². The minimum Gasteiger partial charge on any atom is -2.00 e. The molecule has 0 saturated carbocycles. The minimum absolute atomic E-state index is 0. The summed E-state index contributed by atoms with van der Waals surface area (Å²) >= 11 is 4.78. The summed E-state index contributed by atoms with van der Waals surface area (Å²) in [6, 6.07) is 0. The molecular weight excluding hydrogens is 120 g/mol. The maximum atomic E-state index is 4.78. The zero-order valence-corrected chi connectivity index (χ0v) is 7.46. The molecule has 0 aromatic carbocycles. The molecule has 0 spiro atoms. The summed E-state index contributed by atoms with van der Waals surface area (Å²) in [5.74, 6) is 0. The first-order valence-electron chi connectivity index (χ1n) is 0.378. The monoisotopic (exact) mass is 122 g/mol. The molecule has 0 atom stereocenters. The van der Waals surface area contributed by atoms with Gasteiger partial charge < -0.3 is 5.48 Å². The van der Waals surface area contributed by atoms with Gasteiger partial charge in [0.2, 0.25) is 0 Å². The maximum absolute atomic E-state index is 4.78. The molecule has 1 nitrogen and oxygen atoms in total. The molecule has 0 heterocycles. The van der Waals surface area contributed by atoms with Crippen LogP contribution in [0.3, 0.4) is 0 Å². The third-order valence-corrected chi connectivity index (χ3v) is 0. The zero-order chi connectivity index (χ0) is 2.00. The topological polar surface area (TPSA) is 28.5 Å². The van der Waals surface area contributed by atoms with Crippen molar-refractivity contribution in [2.45, 2.75) is 0 Å². The van der Waals surface area contributed by atoms with E-state index in [2.05, 4.69) is 0 Å². The summed E-state index contributed by atoms with van der Waals surface area (Å²) in [6.07, 6.45) is 0. The van der Waals surface area contributed by atoms with E-state index in [0.29, 0.717) is 0 Å². The molecule has 0 unspecified atom stereocenters. The van der Waals surface area contributed by atoms with Crippen molar-refractivity contribution in [1.29, 1.82) is 0 Å². The molecule has 0 aliphatic carbocycles. The van der Waals surface area contributed by atoms with Gasteiger partial charge in [-0.15, -0.1) is 0 Å². The average molecular weight is 123 g/mol. The van der Waals surface area contributed by atoms with Crippen LogP contribution in [0.1, 0.15) is 0 Å². The SMILES string of the molecule is [Ca+2].[O-2].[SiH3]Cl. The van der Waals surface area contributed by atoms with E-state index in [-0.39, 0.29) is 43.2 Å². The Labute approximate surface area is 63.2 Å². The zero-order valence-electron chi connectivity index (χ0n) is 2.49. The minimum atomic E-state index is 0. The Kier molecular flexibility index (Phi) is 94.7. The van der Waals surface area contributed by atoms with Gasteiger partial charge in [0.15, 0.2) is 0 Å². The largest absolute Gasteiger partial charge is 2.00 e. The van der Waals surface area contributed by atoms with Gasteiger partial charge in [0.1, 0.15) is 9.55 Å². The Morgan fingerprint density at radius 1 is 1.25 bits per heavy atom. The fraction of sp³-hybridized carbons (Fsp3) is 0. The molecule has 0 aromatic rings. The van der Waals surface area contributed by atoms with Crippen molar-refractivity contribution < 1.29 is 5.48 Å². The molecule has 22 valence electrons. The van der Waals surface area contributed by atoms with Crippen molar-refractivity contribution in [3.63, 3.8) is 0 Å². The predicted octanol–water partition coefficient (Wildman–Crippen LogP) is -0.994. The van der Waals surface area contributed by atoms with E-state index < -0.39 is 0 Å². The molecule has 0 N–H and O–H groups in total. The smallest absolute Gasteiger partial charge is 2.00 e. The molecule has 0 radical (unpaired) electrons. The maximum Gasteiger partial charge on any atom is 2.00 e. The standard InChI is InChI=1S/Ca.ClH3Si.O/c;1-2;/h;2H3;/q+2;;-2. The summed E-state index contributed by atoms with van der Waals surface area (Å²) in [6.45, 7) is 0. The van der Waals surface area contributed by atoms with Crippen LogP contribution in [-0.4, -0.2) is 47.3 Å². The van der Waals surface area contributed by atoms with Crippen LogP contribution in [0.4, 0.5) is 0 Å². The van der Waals surface area contributed by atoms with E-state index >= 15 is 0 Å². The van der Waals surface area contributed by atoms with Gasteiger partial charge in [0, 0.05) is 0 Å². The Bertz CT molecular complexity index is 8.00. The van der Waals surface area contributed by atoms with Crippen LogP contribution >= 0.6 is 11.1 Å². The predicted molar refractivity (Wildman–Crippen MR) is 22.2 cm³/mol. The summed E-state index contributed by atoms with van der Waals surface area (Å²) in [5, 5.41) is 0. The van der Waals surface area contributed by atoms with Crippen molar-refractivity contribution in [1.82, 2.24) is 0 Å². The first kappa shape index (κ1) is 17.2. The van der Waals surface area contributed by atoms with E-state index in [1.165, 1.54) is 0 Å². The Balaban J connectivity index is -0.00000000500. The molecule has 0 aromatic heterocycles. The van der Waals surface area contributed by atoms with Crippen LogP contribution in [0.15, 0.2) is 0 Å². The summed E-state index contributed by atoms with van der Waals surface area (Å²) in [4.78, 5) is 0. The average Bonchev–Trinajstić information content (AvgIpc) is 1.00. The summed E-state index contributed by atoms with van der Waals surface area (Å²) < 4.78 is 0. The fourth-order valence-corrected chi connectivity index (χ4v) is 0. The van der Waals surface area contributed by atoms with Gasteiger partial charge in [0.25, 0.3) is 0 Å². The number of halogens is 1. The molecule has 0 aliphatic heterocycles. The van der Waals surface area contributed by atoms with Gasteiger partial charge in [0.05, 0.1) is 0 Å². The summed E-state index contributed by atoms with van der Waals surface area (Å²) in [5.41, 5.74) is 0. The van der Waals surface area contributed by atoms with E-state index in [1.807, 2.05) is 0 Å². The molecule has 0 rings (SSSR count). The van der Waals surface area contributed by atoms with Crippen LogP contribution in [0, 0.1) is 0 Å². The van der Waals surface area contributed by atoms with Gasteiger partial charge in [-0.05, 0) is 0 Å². The Morgan fingerprint density at radius 3 is 1.25 bits per heavy atom. The van der Waals surface area contributed by atoms with Crippen molar-refractivity contribution in [2.75, 3.05) is 0 Å². The first-order valence-corrected chi connectivity index (χ1v) is 3.40. The van der Waals surface area contributed by atoms with Crippen LogP contribution < -0.4 is 0 Å². The van der Waals surface area contributed by atoms with Crippen molar-refractivity contribution in [3.8, 4) is 0 Å². The quantitative estimate of drug-likeness (QED) is 0.292. The second-order valence-corrected chi connectivity index (χ2v) is 0. The Hall–Kier alpha value is 1.73. The van der Waals surface area contributed by atoms with Crippen LogP contribution in [0.5, 0.6) is 0 Å². The molecule has 0 fully saturated rings. The molecular formula is H3CaClOSi. The number of rotatable bonds is 0. The van der Waals surface area contributed by atoms with E-state index in [4.69, 9.17) is 11.1 Å². The van der Waals surface area contributed by atoms with Gasteiger partial charge >= 0.3 is 37.7 Å². The van der Waals surface area contributed by atoms with Crippen molar-refractivity contribution in [3.05, 3.63) is 0 Å².